The van der Waals surface area contributed by atoms with Gasteiger partial charge in [-0.15, -0.1) is 0 Å². The average Bonchev–Trinajstić information content (AvgIpc) is 2.43. The minimum atomic E-state index is 0.0604. The van der Waals surface area contributed by atoms with Crippen LogP contribution in [0.1, 0.15) is 12.0 Å². The number of rotatable bonds is 7. The number of nitrogen functional groups attached to an aromatic ring is 1. The third-order valence-electron chi connectivity index (χ3n) is 3.42. The molecule has 0 fully saturated rings. The zero-order valence-corrected chi connectivity index (χ0v) is 12.7. The smallest absolute Gasteiger partial charge is 0.224 e. The van der Waals surface area contributed by atoms with Gasteiger partial charge in [0, 0.05) is 25.2 Å². The Balaban J connectivity index is 1.83. The Bertz CT molecular complexity index is 503. The number of nitrogens with two attached hydrogens (primary N) is 1. The number of aryl methyl sites for hydroxylation is 1. The zero-order chi connectivity index (χ0) is 15.2. The Morgan fingerprint density at radius 2 is 2.14 bits per heavy atom. The Hall–Kier alpha value is -1.79. The van der Waals surface area contributed by atoms with E-state index in [2.05, 4.69) is 15.5 Å². The van der Waals surface area contributed by atoms with E-state index in [1.165, 1.54) is 0 Å². The zero-order valence-electron chi connectivity index (χ0n) is 12.7. The van der Waals surface area contributed by atoms with Gasteiger partial charge in [-0.25, -0.2) is 0 Å². The van der Waals surface area contributed by atoms with Gasteiger partial charge in [-0.3, -0.25) is 4.79 Å². The van der Waals surface area contributed by atoms with Gasteiger partial charge in [0.05, 0.1) is 24.6 Å². The number of carbonyl (C=O) groups excluding carboxylic acids is 1. The summed E-state index contributed by atoms with van der Waals surface area (Å²) in [7, 11) is 4.04. The Morgan fingerprint density at radius 3 is 2.90 bits per heavy atom. The highest BCUT2D eigenvalue weighted by Gasteiger charge is 2.16. The van der Waals surface area contributed by atoms with Crippen LogP contribution in [0.5, 0.6) is 0 Å². The van der Waals surface area contributed by atoms with Gasteiger partial charge in [0.25, 0.3) is 0 Å². The fourth-order valence-electron chi connectivity index (χ4n) is 2.21. The molecule has 0 atom stereocenters. The first-order valence-electron chi connectivity index (χ1n) is 7.25. The van der Waals surface area contributed by atoms with Crippen LogP contribution in [0.4, 0.5) is 17.1 Å². The highest BCUT2D eigenvalue weighted by molar-refractivity contribution is 5.95. The second-order valence-corrected chi connectivity index (χ2v) is 5.49. The van der Waals surface area contributed by atoms with Crippen molar-refractivity contribution in [1.29, 1.82) is 0 Å². The number of fused-ring (bicyclic) bond motifs is 1. The summed E-state index contributed by atoms with van der Waals surface area (Å²) in [6, 6.07) is 3.84. The molecule has 0 saturated carbocycles. The molecule has 0 spiro atoms. The summed E-state index contributed by atoms with van der Waals surface area (Å²) in [5.41, 5.74) is 9.54. The standard InChI is InChI=1S/C15H24N4O2/c1-19(2)6-8-21-7-5-17-14-10-13-11(9-12(14)16)3-4-15(20)18-13/h9-10,17H,3-8,16H2,1-2H3,(H,18,20). The molecule has 1 aromatic carbocycles. The highest BCUT2D eigenvalue weighted by atomic mass is 16.5. The SMILES string of the molecule is CN(C)CCOCCNc1cc2c(cc1N)CCC(=O)N2. The van der Waals surface area contributed by atoms with Crippen LogP contribution in [0.2, 0.25) is 0 Å². The second-order valence-electron chi connectivity index (χ2n) is 5.49. The number of nitrogens with zero attached hydrogens (tertiary/aromatic N) is 1. The first kappa shape index (κ1) is 15.6. The molecule has 6 nitrogen and oxygen atoms in total. The molecule has 1 heterocycles. The Kier molecular flexibility index (Phi) is 5.41. The predicted octanol–water partition coefficient (Wildman–Crippen LogP) is 1.14. The molecule has 6 heteroatoms. The third kappa shape index (κ3) is 4.61. The van der Waals surface area contributed by atoms with E-state index in [4.69, 9.17) is 10.5 Å². The summed E-state index contributed by atoms with van der Waals surface area (Å²) >= 11 is 0. The minimum Gasteiger partial charge on any atom is -0.397 e. The number of hydrogen-bond donors (Lipinski definition) is 3. The van der Waals surface area contributed by atoms with Gasteiger partial charge in [0.15, 0.2) is 0 Å². The molecule has 0 aromatic heterocycles. The van der Waals surface area contributed by atoms with Crippen LogP contribution in [0.3, 0.4) is 0 Å². The van der Waals surface area contributed by atoms with E-state index in [0.717, 1.165) is 29.9 Å². The van der Waals surface area contributed by atoms with Crippen LogP contribution in [0.15, 0.2) is 12.1 Å². The van der Waals surface area contributed by atoms with Crippen LogP contribution in [0.25, 0.3) is 0 Å². The quantitative estimate of drug-likeness (QED) is 0.519. The van der Waals surface area contributed by atoms with Crippen molar-refractivity contribution >= 4 is 23.0 Å². The third-order valence-corrected chi connectivity index (χ3v) is 3.42. The van der Waals surface area contributed by atoms with Crippen LogP contribution < -0.4 is 16.4 Å². The van der Waals surface area contributed by atoms with Gasteiger partial charge >= 0.3 is 0 Å². The van der Waals surface area contributed by atoms with Crippen LogP contribution in [-0.2, 0) is 16.0 Å². The Morgan fingerprint density at radius 1 is 1.33 bits per heavy atom. The molecule has 1 amide bonds. The van der Waals surface area contributed by atoms with Crippen molar-refractivity contribution in [3.05, 3.63) is 17.7 Å². The molecule has 1 aliphatic heterocycles. The monoisotopic (exact) mass is 292 g/mol. The number of benzene rings is 1. The van der Waals surface area contributed by atoms with Gasteiger partial charge in [-0.1, -0.05) is 0 Å². The second kappa shape index (κ2) is 7.28. The average molecular weight is 292 g/mol. The van der Waals surface area contributed by atoms with Crippen molar-refractivity contribution in [3.8, 4) is 0 Å². The fraction of sp³-hybridized carbons (Fsp3) is 0.533. The number of nitrogens with one attached hydrogen (secondary N) is 2. The van der Waals surface area contributed by atoms with Gasteiger partial charge < -0.3 is 26.0 Å². The Labute approximate surface area is 125 Å². The number of amides is 1. The lowest BCUT2D eigenvalue weighted by Crippen LogP contribution is -2.21. The summed E-state index contributed by atoms with van der Waals surface area (Å²) in [4.78, 5) is 13.5. The summed E-state index contributed by atoms with van der Waals surface area (Å²) in [6.07, 6.45) is 1.28. The lowest BCUT2D eigenvalue weighted by atomic mass is 10.0. The van der Waals surface area contributed by atoms with Crippen LogP contribution in [0, 0.1) is 0 Å². The molecule has 1 aromatic rings. The lowest BCUT2D eigenvalue weighted by Gasteiger charge is -2.20. The molecule has 0 bridgehead atoms. The van der Waals surface area contributed by atoms with E-state index in [-0.39, 0.29) is 5.91 Å². The van der Waals surface area contributed by atoms with Crippen molar-refractivity contribution < 1.29 is 9.53 Å². The molecule has 0 aliphatic carbocycles. The summed E-state index contributed by atoms with van der Waals surface area (Å²) in [5, 5.41) is 6.13. The maximum Gasteiger partial charge on any atom is 0.224 e. The first-order valence-corrected chi connectivity index (χ1v) is 7.25. The molecule has 2 rings (SSSR count). The van der Waals surface area contributed by atoms with Gasteiger partial charge in [0.1, 0.15) is 0 Å². The molecular formula is C15H24N4O2. The largest absolute Gasteiger partial charge is 0.397 e. The molecule has 0 saturated heterocycles. The van der Waals surface area contributed by atoms with E-state index in [0.29, 0.717) is 31.9 Å². The van der Waals surface area contributed by atoms with E-state index < -0.39 is 0 Å². The minimum absolute atomic E-state index is 0.0604. The van der Waals surface area contributed by atoms with E-state index in [9.17, 15) is 4.79 Å². The maximum absolute atomic E-state index is 11.4. The normalized spacial score (nSPS) is 14.0. The van der Waals surface area contributed by atoms with Crippen LogP contribution >= 0.6 is 0 Å². The fourth-order valence-corrected chi connectivity index (χ4v) is 2.21. The summed E-state index contributed by atoms with van der Waals surface area (Å²) in [6.45, 7) is 2.93. The van der Waals surface area contributed by atoms with Crippen molar-refractivity contribution in [2.45, 2.75) is 12.8 Å². The van der Waals surface area contributed by atoms with Crippen molar-refractivity contribution in [2.75, 3.05) is 56.8 Å². The van der Waals surface area contributed by atoms with E-state index in [1.807, 2.05) is 26.2 Å². The van der Waals surface area contributed by atoms with Crippen molar-refractivity contribution in [2.24, 2.45) is 0 Å². The van der Waals surface area contributed by atoms with Crippen LogP contribution in [-0.4, -0.2) is 51.2 Å². The van der Waals surface area contributed by atoms with E-state index in [1.54, 1.807) is 0 Å². The number of hydrogen-bond acceptors (Lipinski definition) is 5. The molecule has 116 valence electrons. The molecule has 0 unspecified atom stereocenters. The number of ether oxygens (including phenoxy) is 1. The lowest BCUT2D eigenvalue weighted by molar-refractivity contribution is -0.116. The molecule has 1 aliphatic rings. The predicted molar refractivity (Wildman–Crippen MR) is 85.7 cm³/mol. The topological polar surface area (TPSA) is 79.6 Å². The molecule has 0 radical (unpaired) electrons. The van der Waals surface area contributed by atoms with Crippen molar-refractivity contribution in [1.82, 2.24) is 4.90 Å². The van der Waals surface area contributed by atoms with Gasteiger partial charge in [-0.05, 0) is 38.2 Å². The molecule has 21 heavy (non-hydrogen) atoms. The molecule has 4 N–H and O–H groups in total. The maximum atomic E-state index is 11.4. The van der Waals surface area contributed by atoms with Crippen molar-refractivity contribution in [3.63, 3.8) is 0 Å². The molecular weight excluding hydrogens is 268 g/mol. The number of likely N-dealkylation sites (N-methyl/N-ethyl adjacent to an activating group) is 1. The number of anilines is 3. The van der Waals surface area contributed by atoms with Gasteiger partial charge in [-0.2, -0.15) is 0 Å². The van der Waals surface area contributed by atoms with Gasteiger partial charge in [0.2, 0.25) is 5.91 Å². The summed E-state index contributed by atoms with van der Waals surface area (Å²) < 4.78 is 5.52. The number of carbonyl (C=O) groups is 1. The summed E-state index contributed by atoms with van der Waals surface area (Å²) in [5.74, 6) is 0.0604. The highest BCUT2D eigenvalue weighted by Crippen LogP contribution is 2.30. The van der Waals surface area contributed by atoms with E-state index >= 15 is 0 Å². The first-order chi connectivity index (χ1) is 10.1.